The number of hydrogen-bond acceptors (Lipinski definition) is 7. The highest BCUT2D eigenvalue weighted by Crippen LogP contribution is 2.42. The van der Waals surface area contributed by atoms with Crippen LogP contribution >= 0.6 is 0 Å². The number of aryl methyl sites for hydroxylation is 2. The fourth-order valence-electron chi connectivity index (χ4n) is 4.55. The quantitative estimate of drug-likeness (QED) is 0.192. The Morgan fingerprint density at radius 3 is 2.65 bits per heavy atom. The van der Waals surface area contributed by atoms with Crippen molar-refractivity contribution in [1.29, 1.82) is 0 Å². The number of Topliss-reactive ketones (excluding diaryl/α,β-unsaturated/α-hetero) is 1. The van der Waals surface area contributed by atoms with Crippen LogP contribution in [0.5, 0.6) is 11.5 Å². The van der Waals surface area contributed by atoms with Crippen LogP contribution < -0.4 is 9.47 Å². The monoisotopic (exact) mass is 505 g/mol. The predicted molar refractivity (Wildman–Crippen MR) is 139 cm³/mol. The van der Waals surface area contributed by atoms with E-state index in [0.717, 1.165) is 5.56 Å². The van der Waals surface area contributed by atoms with Crippen LogP contribution in [-0.4, -0.2) is 64.6 Å². The molecule has 0 aliphatic carbocycles. The van der Waals surface area contributed by atoms with Gasteiger partial charge in [0.1, 0.15) is 17.9 Å². The minimum absolute atomic E-state index is 0.0347. The Balaban J connectivity index is 1.91. The normalized spacial score (nSPS) is 17.0. The van der Waals surface area contributed by atoms with Crippen LogP contribution in [0.1, 0.15) is 35.5 Å². The molecular weight excluding hydrogens is 474 g/mol. The summed E-state index contributed by atoms with van der Waals surface area (Å²) in [6, 6.07) is 8.14. The van der Waals surface area contributed by atoms with Crippen LogP contribution in [0.15, 0.2) is 54.8 Å². The van der Waals surface area contributed by atoms with Crippen LogP contribution in [0, 0.1) is 13.8 Å². The van der Waals surface area contributed by atoms with Crippen LogP contribution in [-0.2, 0) is 14.3 Å². The number of aliphatic hydroxyl groups excluding tert-OH is 1. The molecule has 1 N–H and O–H groups in total. The number of rotatable bonds is 10. The number of aliphatic hydroxyl groups is 1. The van der Waals surface area contributed by atoms with Crippen LogP contribution in [0.3, 0.4) is 0 Å². The number of pyridine rings is 1. The fraction of sp³-hybridized carbons (Fsp3) is 0.321. The molecule has 194 valence electrons. The second-order valence-electron chi connectivity index (χ2n) is 8.65. The van der Waals surface area contributed by atoms with E-state index in [-0.39, 0.29) is 36.8 Å². The second-order valence-corrected chi connectivity index (χ2v) is 8.65. The zero-order valence-corrected chi connectivity index (χ0v) is 21.5. The summed E-state index contributed by atoms with van der Waals surface area (Å²) >= 11 is 0. The molecule has 2 aromatic heterocycles. The van der Waals surface area contributed by atoms with Gasteiger partial charge in [0.25, 0.3) is 11.7 Å². The number of hydrogen-bond donors (Lipinski definition) is 1. The van der Waals surface area contributed by atoms with Crippen molar-refractivity contribution >= 4 is 23.1 Å². The van der Waals surface area contributed by atoms with Gasteiger partial charge in [0.15, 0.2) is 17.3 Å². The summed E-state index contributed by atoms with van der Waals surface area (Å²) in [5.74, 6) is -0.860. The summed E-state index contributed by atoms with van der Waals surface area (Å²) in [6.07, 6.45) is 3.47. The zero-order valence-electron chi connectivity index (χ0n) is 21.5. The van der Waals surface area contributed by atoms with E-state index in [2.05, 4.69) is 11.6 Å². The average Bonchev–Trinajstić information content (AvgIpc) is 3.36. The lowest BCUT2D eigenvalue weighted by atomic mass is 9.96. The lowest BCUT2D eigenvalue weighted by Crippen LogP contribution is -2.32. The summed E-state index contributed by atoms with van der Waals surface area (Å²) in [6.45, 7) is 10.3. The molecule has 3 aromatic rings. The van der Waals surface area contributed by atoms with Gasteiger partial charge in [-0.3, -0.25) is 9.59 Å². The van der Waals surface area contributed by atoms with Crippen LogP contribution in [0.25, 0.3) is 11.4 Å². The van der Waals surface area contributed by atoms with Crippen molar-refractivity contribution in [2.45, 2.75) is 26.8 Å². The Labute approximate surface area is 215 Å². The molecule has 0 saturated carbocycles. The Hall–Kier alpha value is -4.11. The third kappa shape index (κ3) is 4.70. The molecule has 1 saturated heterocycles. The first-order valence-corrected chi connectivity index (χ1v) is 12.1. The summed E-state index contributed by atoms with van der Waals surface area (Å²) in [7, 11) is 1.52. The first-order valence-electron chi connectivity index (χ1n) is 12.1. The number of fused-ring (bicyclic) bond motifs is 1. The standard InChI is InChI=1S/C28H31N3O6/c1-6-14-37-20-11-10-19(16-21(20)36-7-2)24-22(26(33)28(34)31(24)13-15-35-5)25(32)23-18(4)30-12-8-9-17(3)27(30)29-23/h6,8-12,16,24,32H,1,7,13-15H2,2-5H3. The van der Waals surface area contributed by atoms with Crippen molar-refractivity contribution in [2.75, 3.05) is 33.5 Å². The summed E-state index contributed by atoms with van der Waals surface area (Å²) < 4.78 is 18.5. The molecule has 1 aliphatic heterocycles. The number of imidazole rings is 1. The van der Waals surface area contributed by atoms with Crippen LogP contribution in [0.4, 0.5) is 0 Å². The maximum absolute atomic E-state index is 13.3. The number of amides is 1. The zero-order chi connectivity index (χ0) is 26.7. The molecule has 37 heavy (non-hydrogen) atoms. The van der Waals surface area contributed by atoms with Crippen molar-refractivity contribution in [3.05, 3.63) is 77.3 Å². The third-order valence-electron chi connectivity index (χ3n) is 6.32. The van der Waals surface area contributed by atoms with Crippen LogP contribution in [0.2, 0.25) is 0 Å². The molecule has 3 heterocycles. The molecule has 1 aromatic carbocycles. The van der Waals surface area contributed by atoms with Gasteiger partial charge in [0.2, 0.25) is 0 Å². The number of methoxy groups -OCH3 is 1. The Morgan fingerprint density at radius 1 is 1.19 bits per heavy atom. The second kappa shape index (κ2) is 10.9. The minimum Gasteiger partial charge on any atom is -0.505 e. The van der Waals surface area contributed by atoms with Crippen molar-refractivity contribution in [2.24, 2.45) is 0 Å². The molecule has 1 unspecified atom stereocenters. The van der Waals surface area contributed by atoms with Gasteiger partial charge in [-0.2, -0.15) is 0 Å². The highest BCUT2D eigenvalue weighted by molar-refractivity contribution is 6.46. The number of ether oxygens (including phenoxy) is 3. The number of aromatic nitrogens is 2. The molecular formula is C28H31N3O6. The molecule has 4 rings (SSSR count). The summed E-state index contributed by atoms with van der Waals surface area (Å²) in [5.41, 5.74) is 3.03. The van der Waals surface area contributed by atoms with Gasteiger partial charge < -0.3 is 28.6 Å². The van der Waals surface area contributed by atoms with E-state index >= 15 is 0 Å². The largest absolute Gasteiger partial charge is 0.505 e. The average molecular weight is 506 g/mol. The van der Waals surface area contributed by atoms with Gasteiger partial charge in [-0.1, -0.05) is 24.8 Å². The molecule has 0 radical (unpaired) electrons. The van der Waals surface area contributed by atoms with E-state index in [4.69, 9.17) is 14.2 Å². The molecule has 1 aliphatic rings. The van der Waals surface area contributed by atoms with Gasteiger partial charge in [0.05, 0.1) is 30.5 Å². The van der Waals surface area contributed by atoms with Gasteiger partial charge in [0, 0.05) is 19.9 Å². The molecule has 9 heteroatoms. The van der Waals surface area contributed by atoms with Crippen molar-refractivity contribution in [3.63, 3.8) is 0 Å². The topological polar surface area (TPSA) is 103 Å². The fourth-order valence-corrected chi connectivity index (χ4v) is 4.55. The number of benzene rings is 1. The van der Waals surface area contributed by atoms with E-state index in [1.807, 2.05) is 43.5 Å². The van der Waals surface area contributed by atoms with E-state index in [1.165, 1.54) is 12.0 Å². The molecule has 9 nitrogen and oxygen atoms in total. The van der Waals surface area contributed by atoms with Gasteiger partial charge >= 0.3 is 0 Å². The molecule has 1 amide bonds. The first-order chi connectivity index (χ1) is 17.8. The summed E-state index contributed by atoms with van der Waals surface area (Å²) in [5, 5.41) is 11.5. The predicted octanol–water partition coefficient (Wildman–Crippen LogP) is 3.98. The lowest BCUT2D eigenvalue weighted by molar-refractivity contribution is -0.140. The highest BCUT2D eigenvalue weighted by Gasteiger charge is 2.46. The SMILES string of the molecule is C=CCOc1ccc(C2C(=C(O)c3nc4c(C)cccn4c3C)C(=O)C(=O)N2CCOC)cc1OCC. The Kier molecular flexibility index (Phi) is 7.63. The minimum atomic E-state index is -0.867. The smallest absolute Gasteiger partial charge is 0.295 e. The number of nitrogens with zero attached hydrogens (tertiary/aromatic N) is 3. The Bertz CT molecular complexity index is 1390. The molecule has 0 bridgehead atoms. The number of likely N-dealkylation sites (tertiary alicyclic amines) is 1. The number of ketones is 1. The van der Waals surface area contributed by atoms with E-state index in [0.29, 0.717) is 35.0 Å². The maximum Gasteiger partial charge on any atom is 0.295 e. The van der Waals surface area contributed by atoms with Gasteiger partial charge in [-0.05, 0) is 50.1 Å². The van der Waals surface area contributed by atoms with E-state index in [9.17, 15) is 14.7 Å². The number of carbonyl (C=O) groups is 2. The van der Waals surface area contributed by atoms with Crippen molar-refractivity contribution < 1.29 is 28.9 Å². The lowest BCUT2D eigenvalue weighted by Gasteiger charge is -2.25. The molecule has 0 spiro atoms. The van der Waals surface area contributed by atoms with E-state index < -0.39 is 17.7 Å². The van der Waals surface area contributed by atoms with Gasteiger partial charge in [-0.15, -0.1) is 0 Å². The molecule has 1 fully saturated rings. The number of carbonyl (C=O) groups excluding carboxylic acids is 2. The van der Waals surface area contributed by atoms with Crippen molar-refractivity contribution in [1.82, 2.24) is 14.3 Å². The van der Waals surface area contributed by atoms with Crippen molar-refractivity contribution in [3.8, 4) is 11.5 Å². The van der Waals surface area contributed by atoms with Gasteiger partial charge in [-0.25, -0.2) is 4.98 Å². The third-order valence-corrected chi connectivity index (χ3v) is 6.32. The summed E-state index contributed by atoms with van der Waals surface area (Å²) in [4.78, 5) is 32.5. The van der Waals surface area contributed by atoms with E-state index in [1.54, 1.807) is 24.3 Å². The first kappa shape index (κ1) is 26.0. The highest BCUT2D eigenvalue weighted by atomic mass is 16.5. The Morgan fingerprint density at radius 2 is 1.97 bits per heavy atom. The maximum atomic E-state index is 13.3. The molecule has 1 atom stereocenters.